The molecule has 0 atom stereocenters. The number of hydrogen-bond donors (Lipinski definition) is 0. The monoisotopic (exact) mass is 281 g/mol. The quantitative estimate of drug-likeness (QED) is 0.793. The smallest absolute Gasteiger partial charge is 0.311 e. The maximum Gasteiger partial charge on any atom is 0.311 e. The zero-order valence-electron chi connectivity index (χ0n) is 9.16. The number of fused-ring (bicyclic) bond motifs is 1. The standard InChI is InChI=1S/C12H12BrNO2/c1-14-10(7-12(15)16-2)6-8-5-9(13)3-4-11(8)14/h3-6H,7H2,1-2H3. The number of nitrogens with zero attached hydrogens (tertiary/aromatic N) is 1. The van der Waals surface area contributed by atoms with Crippen LogP contribution in [0.1, 0.15) is 5.69 Å². The third-order valence-corrected chi connectivity index (χ3v) is 3.15. The highest BCUT2D eigenvalue weighted by atomic mass is 79.9. The molecule has 0 amide bonds. The van der Waals surface area contributed by atoms with Gasteiger partial charge in [0.25, 0.3) is 0 Å². The lowest BCUT2D eigenvalue weighted by molar-refractivity contribution is -0.139. The fourth-order valence-electron chi connectivity index (χ4n) is 1.77. The van der Waals surface area contributed by atoms with Crippen molar-refractivity contribution in [2.24, 2.45) is 7.05 Å². The summed E-state index contributed by atoms with van der Waals surface area (Å²) in [6, 6.07) is 8.07. The van der Waals surface area contributed by atoms with E-state index in [-0.39, 0.29) is 5.97 Å². The predicted octanol–water partition coefficient (Wildman–Crippen LogP) is 2.66. The molecule has 0 saturated carbocycles. The molecule has 0 bridgehead atoms. The number of rotatable bonds is 2. The fourth-order valence-corrected chi connectivity index (χ4v) is 2.15. The van der Waals surface area contributed by atoms with Gasteiger partial charge in [0, 0.05) is 28.1 Å². The predicted molar refractivity (Wildman–Crippen MR) is 66.3 cm³/mol. The van der Waals surface area contributed by atoms with Crippen molar-refractivity contribution in [3.8, 4) is 0 Å². The molecule has 0 spiro atoms. The van der Waals surface area contributed by atoms with E-state index in [0.717, 1.165) is 21.1 Å². The molecule has 1 aromatic heterocycles. The van der Waals surface area contributed by atoms with Crippen LogP contribution in [0, 0.1) is 0 Å². The van der Waals surface area contributed by atoms with Crippen LogP contribution in [0.25, 0.3) is 10.9 Å². The van der Waals surface area contributed by atoms with Gasteiger partial charge in [-0.3, -0.25) is 4.79 Å². The lowest BCUT2D eigenvalue weighted by Crippen LogP contribution is -2.07. The molecule has 1 aromatic carbocycles. The highest BCUT2D eigenvalue weighted by molar-refractivity contribution is 9.10. The first-order chi connectivity index (χ1) is 7.61. The molecular weight excluding hydrogens is 270 g/mol. The number of carbonyl (C=O) groups excluding carboxylic acids is 1. The summed E-state index contributed by atoms with van der Waals surface area (Å²) in [5, 5.41) is 1.12. The van der Waals surface area contributed by atoms with E-state index in [9.17, 15) is 4.79 Å². The Morgan fingerprint density at radius 2 is 2.19 bits per heavy atom. The number of benzene rings is 1. The molecule has 4 heteroatoms. The van der Waals surface area contributed by atoms with E-state index < -0.39 is 0 Å². The van der Waals surface area contributed by atoms with Gasteiger partial charge in [0.1, 0.15) is 0 Å². The highest BCUT2D eigenvalue weighted by Crippen LogP contribution is 2.23. The highest BCUT2D eigenvalue weighted by Gasteiger charge is 2.10. The minimum Gasteiger partial charge on any atom is -0.469 e. The summed E-state index contributed by atoms with van der Waals surface area (Å²) in [6.45, 7) is 0. The van der Waals surface area contributed by atoms with Gasteiger partial charge >= 0.3 is 5.97 Å². The second-order valence-corrected chi connectivity index (χ2v) is 4.57. The normalized spacial score (nSPS) is 10.7. The molecule has 2 rings (SSSR count). The Kier molecular flexibility index (Phi) is 3.01. The van der Waals surface area contributed by atoms with Crippen LogP contribution in [0.3, 0.4) is 0 Å². The largest absolute Gasteiger partial charge is 0.469 e. The van der Waals surface area contributed by atoms with Crippen LogP contribution >= 0.6 is 15.9 Å². The van der Waals surface area contributed by atoms with Crippen LogP contribution in [0.5, 0.6) is 0 Å². The molecule has 0 aliphatic rings. The van der Waals surface area contributed by atoms with Crippen molar-refractivity contribution in [3.63, 3.8) is 0 Å². The van der Waals surface area contributed by atoms with Gasteiger partial charge < -0.3 is 9.30 Å². The van der Waals surface area contributed by atoms with Gasteiger partial charge in [0.05, 0.1) is 13.5 Å². The van der Waals surface area contributed by atoms with E-state index in [1.165, 1.54) is 7.11 Å². The third kappa shape index (κ3) is 1.97. The second kappa shape index (κ2) is 4.29. The summed E-state index contributed by atoms with van der Waals surface area (Å²) in [5.41, 5.74) is 2.07. The van der Waals surface area contributed by atoms with Crippen LogP contribution in [-0.4, -0.2) is 17.6 Å². The van der Waals surface area contributed by atoms with E-state index in [4.69, 9.17) is 0 Å². The molecule has 3 nitrogen and oxygen atoms in total. The van der Waals surface area contributed by atoms with Crippen molar-refractivity contribution in [2.45, 2.75) is 6.42 Å². The van der Waals surface area contributed by atoms with E-state index in [1.807, 2.05) is 35.9 Å². The van der Waals surface area contributed by atoms with Crippen molar-refractivity contribution in [1.82, 2.24) is 4.57 Å². The summed E-state index contributed by atoms with van der Waals surface area (Å²) in [5.74, 6) is -0.218. The first kappa shape index (κ1) is 11.2. The molecule has 0 fully saturated rings. The van der Waals surface area contributed by atoms with Crippen molar-refractivity contribution >= 4 is 32.8 Å². The molecule has 0 N–H and O–H groups in total. The SMILES string of the molecule is COC(=O)Cc1cc2cc(Br)ccc2n1C. The molecule has 2 aromatic rings. The number of aromatic nitrogens is 1. The summed E-state index contributed by atoms with van der Waals surface area (Å²) in [7, 11) is 3.36. The Hall–Kier alpha value is -1.29. The van der Waals surface area contributed by atoms with E-state index in [1.54, 1.807) is 0 Å². The molecule has 0 aliphatic heterocycles. The van der Waals surface area contributed by atoms with E-state index >= 15 is 0 Å². The number of ether oxygens (including phenoxy) is 1. The zero-order chi connectivity index (χ0) is 11.7. The zero-order valence-corrected chi connectivity index (χ0v) is 10.7. The second-order valence-electron chi connectivity index (χ2n) is 3.65. The minimum atomic E-state index is -0.218. The van der Waals surface area contributed by atoms with Crippen LogP contribution in [0.15, 0.2) is 28.7 Å². The Labute approximate surface area is 102 Å². The summed E-state index contributed by atoms with van der Waals surface area (Å²) in [6.07, 6.45) is 0.305. The van der Waals surface area contributed by atoms with Gasteiger partial charge in [-0.2, -0.15) is 0 Å². The molecule has 0 unspecified atom stereocenters. The topological polar surface area (TPSA) is 31.2 Å². The van der Waals surface area contributed by atoms with Gasteiger partial charge in [-0.25, -0.2) is 0 Å². The average molecular weight is 282 g/mol. The number of halogens is 1. The fraction of sp³-hybridized carbons (Fsp3) is 0.250. The van der Waals surface area contributed by atoms with Crippen LogP contribution < -0.4 is 0 Å². The number of methoxy groups -OCH3 is 1. The Balaban J connectivity index is 2.47. The molecule has 0 saturated heterocycles. The van der Waals surface area contributed by atoms with E-state index in [0.29, 0.717) is 6.42 Å². The lowest BCUT2D eigenvalue weighted by atomic mass is 10.2. The molecular formula is C12H12BrNO2. The lowest BCUT2D eigenvalue weighted by Gasteiger charge is -2.02. The Morgan fingerprint density at radius 3 is 2.88 bits per heavy atom. The molecule has 1 heterocycles. The van der Waals surface area contributed by atoms with Gasteiger partial charge in [-0.05, 0) is 24.3 Å². The Morgan fingerprint density at radius 1 is 1.44 bits per heavy atom. The van der Waals surface area contributed by atoms with Gasteiger partial charge in [0.15, 0.2) is 0 Å². The van der Waals surface area contributed by atoms with Crippen molar-refractivity contribution in [3.05, 3.63) is 34.4 Å². The first-order valence-corrected chi connectivity index (χ1v) is 5.72. The van der Waals surface area contributed by atoms with Crippen molar-refractivity contribution in [1.29, 1.82) is 0 Å². The molecule has 16 heavy (non-hydrogen) atoms. The van der Waals surface area contributed by atoms with Crippen molar-refractivity contribution in [2.75, 3.05) is 7.11 Å². The molecule has 84 valence electrons. The van der Waals surface area contributed by atoms with Crippen LogP contribution in [0.4, 0.5) is 0 Å². The molecule has 0 radical (unpaired) electrons. The average Bonchev–Trinajstić information content (AvgIpc) is 2.55. The number of aryl methyl sites for hydroxylation is 1. The maximum absolute atomic E-state index is 11.2. The number of hydrogen-bond acceptors (Lipinski definition) is 2. The Bertz CT molecular complexity index is 545. The van der Waals surface area contributed by atoms with Gasteiger partial charge in [0.2, 0.25) is 0 Å². The number of esters is 1. The maximum atomic E-state index is 11.2. The summed E-state index contributed by atoms with van der Waals surface area (Å²) >= 11 is 3.43. The van der Waals surface area contributed by atoms with E-state index in [2.05, 4.69) is 20.7 Å². The number of carbonyl (C=O) groups is 1. The van der Waals surface area contributed by atoms with Crippen molar-refractivity contribution < 1.29 is 9.53 Å². The van der Waals surface area contributed by atoms with Crippen LogP contribution in [-0.2, 0) is 23.0 Å². The third-order valence-electron chi connectivity index (χ3n) is 2.66. The summed E-state index contributed by atoms with van der Waals surface area (Å²) in [4.78, 5) is 11.2. The summed E-state index contributed by atoms with van der Waals surface area (Å²) < 4.78 is 7.72. The first-order valence-electron chi connectivity index (χ1n) is 4.92. The van der Waals surface area contributed by atoms with Gasteiger partial charge in [-0.1, -0.05) is 15.9 Å². The minimum absolute atomic E-state index is 0.218. The van der Waals surface area contributed by atoms with Crippen LogP contribution in [0.2, 0.25) is 0 Å². The van der Waals surface area contributed by atoms with Gasteiger partial charge in [-0.15, -0.1) is 0 Å². The molecule has 0 aliphatic carbocycles.